The molecule has 0 saturated heterocycles. The summed E-state index contributed by atoms with van der Waals surface area (Å²) in [5.74, 6) is 0. The van der Waals surface area contributed by atoms with Crippen LogP contribution in [0.1, 0.15) is 17.3 Å². The van der Waals surface area contributed by atoms with E-state index in [1.54, 1.807) is 17.6 Å². The Kier molecular flexibility index (Phi) is 3.44. The minimum Gasteiger partial charge on any atom is -0.319 e. The number of alkyl halides is 2. The molecule has 90 valence electrons. The Balaban J connectivity index is 2.28. The van der Waals surface area contributed by atoms with Crippen LogP contribution in [0.4, 0.5) is 8.78 Å². The van der Waals surface area contributed by atoms with Crippen LogP contribution in [0.3, 0.4) is 0 Å². The van der Waals surface area contributed by atoms with Crippen molar-refractivity contribution in [2.24, 2.45) is 5.73 Å². The second kappa shape index (κ2) is 4.85. The highest BCUT2D eigenvalue weighted by Gasteiger charge is 2.18. The van der Waals surface area contributed by atoms with Crippen molar-refractivity contribution in [3.63, 3.8) is 0 Å². The number of nitrogens with zero attached hydrogens (tertiary/aromatic N) is 2. The lowest BCUT2D eigenvalue weighted by Crippen LogP contribution is -2.18. The first-order valence-electron chi connectivity index (χ1n) is 4.99. The summed E-state index contributed by atoms with van der Waals surface area (Å²) < 4.78 is 24.8. The summed E-state index contributed by atoms with van der Waals surface area (Å²) in [5.41, 5.74) is 9.02. The lowest BCUT2D eigenvalue weighted by Gasteiger charge is -2.10. The molecule has 3 nitrogen and oxygen atoms in total. The molecule has 0 aliphatic rings. The number of aromatic nitrogens is 2. The number of nitrogens with two attached hydrogens (primary N) is 1. The fraction of sp³-hybridized carbons (Fsp3) is 0.273. The minimum absolute atomic E-state index is 0.339. The number of rotatable bonds is 3. The highest BCUT2D eigenvalue weighted by Crippen LogP contribution is 2.26. The molecule has 2 aromatic heterocycles. The van der Waals surface area contributed by atoms with Gasteiger partial charge in [-0.25, -0.2) is 13.8 Å². The van der Waals surface area contributed by atoms with Crippen molar-refractivity contribution in [3.05, 3.63) is 35.1 Å². The molecule has 17 heavy (non-hydrogen) atoms. The maximum Gasteiger partial charge on any atom is 0.257 e. The van der Waals surface area contributed by atoms with Gasteiger partial charge in [0.05, 0.1) is 27.8 Å². The molecule has 2 heterocycles. The number of pyridine rings is 1. The van der Waals surface area contributed by atoms with E-state index in [1.807, 2.05) is 6.92 Å². The van der Waals surface area contributed by atoms with Gasteiger partial charge in [-0.05, 0) is 18.6 Å². The molecule has 2 N–H and O–H groups in total. The van der Waals surface area contributed by atoms with Gasteiger partial charge in [-0.1, -0.05) is 6.07 Å². The van der Waals surface area contributed by atoms with Crippen LogP contribution < -0.4 is 5.73 Å². The molecule has 0 fully saturated rings. The Labute approximate surface area is 101 Å². The summed E-state index contributed by atoms with van der Waals surface area (Å²) in [6.45, 7) is 1.88. The van der Waals surface area contributed by atoms with Crippen LogP contribution in [0.25, 0.3) is 10.6 Å². The van der Waals surface area contributed by atoms with Gasteiger partial charge in [-0.3, -0.25) is 4.98 Å². The predicted octanol–water partition coefficient (Wildman–Crippen LogP) is 2.78. The first-order chi connectivity index (χ1) is 8.09. The van der Waals surface area contributed by atoms with E-state index < -0.39 is 12.5 Å². The molecule has 1 unspecified atom stereocenters. The molecule has 2 aromatic rings. The molecule has 0 aliphatic heterocycles. The molecule has 1 atom stereocenters. The number of halogens is 2. The Hall–Kier alpha value is -1.40. The highest BCUT2D eigenvalue weighted by atomic mass is 32.1. The Morgan fingerprint density at radius 3 is 2.53 bits per heavy atom. The van der Waals surface area contributed by atoms with E-state index in [0.717, 1.165) is 16.3 Å². The van der Waals surface area contributed by atoms with Gasteiger partial charge < -0.3 is 5.73 Å². The van der Waals surface area contributed by atoms with E-state index in [1.165, 1.54) is 17.5 Å². The van der Waals surface area contributed by atoms with E-state index in [2.05, 4.69) is 9.97 Å². The second-order valence-electron chi connectivity index (χ2n) is 3.60. The monoisotopic (exact) mass is 255 g/mol. The minimum atomic E-state index is -2.58. The van der Waals surface area contributed by atoms with Crippen molar-refractivity contribution in [2.75, 3.05) is 0 Å². The van der Waals surface area contributed by atoms with Crippen molar-refractivity contribution >= 4 is 11.3 Å². The quantitative estimate of drug-likeness (QED) is 0.917. The van der Waals surface area contributed by atoms with Gasteiger partial charge in [0, 0.05) is 6.20 Å². The first kappa shape index (κ1) is 12.1. The molecule has 6 heteroatoms. The van der Waals surface area contributed by atoms with E-state index in [-0.39, 0.29) is 0 Å². The summed E-state index contributed by atoms with van der Waals surface area (Å²) in [4.78, 5) is 9.20. The van der Waals surface area contributed by atoms with Crippen LogP contribution in [-0.4, -0.2) is 16.4 Å². The number of thiazole rings is 1. The average Bonchev–Trinajstić information content (AvgIpc) is 2.74. The summed E-state index contributed by atoms with van der Waals surface area (Å²) in [6, 6.07) is 2.00. The van der Waals surface area contributed by atoms with Gasteiger partial charge in [0.1, 0.15) is 0 Å². The van der Waals surface area contributed by atoms with Crippen LogP contribution in [0.5, 0.6) is 0 Å². The zero-order chi connectivity index (χ0) is 12.4. The van der Waals surface area contributed by atoms with E-state index in [9.17, 15) is 8.78 Å². The molecular weight excluding hydrogens is 244 g/mol. The van der Waals surface area contributed by atoms with Gasteiger partial charge in [0.2, 0.25) is 0 Å². The van der Waals surface area contributed by atoms with Crippen molar-refractivity contribution < 1.29 is 8.78 Å². The first-order valence-corrected chi connectivity index (χ1v) is 5.87. The van der Waals surface area contributed by atoms with Gasteiger partial charge in [0.25, 0.3) is 6.43 Å². The van der Waals surface area contributed by atoms with Crippen molar-refractivity contribution in [2.45, 2.75) is 19.4 Å². The van der Waals surface area contributed by atoms with E-state index in [0.29, 0.717) is 5.56 Å². The van der Waals surface area contributed by atoms with Crippen LogP contribution in [0.15, 0.2) is 23.8 Å². The number of hydrogen-bond donors (Lipinski definition) is 1. The third kappa shape index (κ3) is 2.48. The summed E-state index contributed by atoms with van der Waals surface area (Å²) in [5, 5.41) is 0. The molecule has 0 spiro atoms. The fourth-order valence-corrected chi connectivity index (χ4v) is 2.21. The second-order valence-corrected chi connectivity index (χ2v) is 4.46. The Morgan fingerprint density at radius 2 is 2.06 bits per heavy atom. The molecule has 0 radical (unpaired) electrons. The summed E-state index contributed by atoms with van der Waals surface area (Å²) >= 11 is 1.47. The van der Waals surface area contributed by atoms with E-state index >= 15 is 0 Å². The number of aryl methyl sites for hydroxylation is 1. The summed E-state index contributed by atoms with van der Waals surface area (Å²) in [6.07, 6.45) is -1.18. The molecule has 0 aromatic carbocycles. The third-order valence-electron chi connectivity index (χ3n) is 2.42. The lowest BCUT2D eigenvalue weighted by molar-refractivity contribution is 0.116. The highest BCUT2D eigenvalue weighted by molar-refractivity contribution is 7.13. The molecule has 2 rings (SSSR count). The Bertz CT molecular complexity index is 496. The zero-order valence-corrected chi connectivity index (χ0v) is 9.92. The third-order valence-corrected chi connectivity index (χ3v) is 3.37. The smallest absolute Gasteiger partial charge is 0.257 e. The van der Waals surface area contributed by atoms with Crippen LogP contribution in [0, 0.1) is 6.92 Å². The molecule has 0 bridgehead atoms. The topological polar surface area (TPSA) is 51.8 Å². The Morgan fingerprint density at radius 1 is 1.29 bits per heavy atom. The van der Waals surface area contributed by atoms with Gasteiger partial charge in [-0.2, -0.15) is 0 Å². The van der Waals surface area contributed by atoms with Gasteiger partial charge in [0.15, 0.2) is 0 Å². The predicted molar refractivity (Wildman–Crippen MR) is 63.0 cm³/mol. The average molecular weight is 255 g/mol. The van der Waals surface area contributed by atoms with Crippen LogP contribution >= 0.6 is 11.3 Å². The number of hydrogen-bond acceptors (Lipinski definition) is 4. The summed E-state index contributed by atoms with van der Waals surface area (Å²) in [7, 11) is 0. The molecule has 0 aliphatic carbocycles. The standard InChI is InChI=1S/C11H11F2N3S/c1-6-10(17-5-16-6)8-3-2-7(4-15-8)9(14)11(12)13/h2-5,9,11H,14H2,1H3. The maximum atomic E-state index is 12.4. The molecule has 0 amide bonds. The van der Waals surface area contributed by atoms with E-state index in [4.69, 9.17) is 5.73 Å². The molecule has 0 saturated carbocycles. The normalized spacial score (nSPS) is 13.0. The van der Waals surface area contributed by atoms with Crippen molar-refractivity contribution in [1.29, 1.82) is 0 Å². The SMILES string of the molecule is Cc1ncsc1-c1ccc(C(N)C(F)F)cn1. The lowest BCUT2D eigenvalue weighted by atomic mass is 10.1. The van der Waals surface area contributed by atoms with Gasteiger partial charge in [-0.15, -0.1) is 11.3 Å². The largest absolute Gasteiger partial charge is 0.319 e. The van der Waals surface area contributed by atoms with Crippen LogP contribution in [-0.2, 0) is 0 Å². The van der Waals surface area contributed by atoms with Crippen molar-refractivity contribution in [3.8, 4) is 10.6 Å². The fourth-order valence-electron chi connectivity index (χ4n) is 1.43. The maximum absolute atomic E-state index is 12.4. The molecular formula is C11H11F2N3S. The van der Waals surface area contributed by atoms with Crippen LogP contribution in [0.2, 0.25) is 0 Å². The van der Waals surface area contributed by atoms with Crippen molar-refractivity contribution in [1.82, 2.24) is 9.97 Å². The van der Waals surface area contributed by atoms with Gasteiger partial charge >= 0.3 is 0 Å². The zero-order valence-electron chi connectivity index (χ0n) is 9.10.